The highest BCUT2D eigenvalue weighted by Crippen LogP contribution is 2.01. The molecule has 1 aromatic heterocycles. The molecule has 0 fully saturated rings. The lowest BCUT2D eigenvalue weighted by Crippen LogP contribution is -2.14. The monoisotopic (exact) mass is 148 g/mol. The van der Waals surface area contributed by atoms with Crippen LogP contribution in [0.15, 0.2) is 4.79 Å². The molecule has 0 amide bonds. The molecule has 0 aliphatic heterocycles. The van der Waals surface area contributed by atoms with Gasteiger partial charge in [0.15, 0.2) is 0 Å². The molecule has 1 heterocycles. The Hall–Kier alpha value is -1.56. The van der Waals surface area contributed by atoms with Crippen LogP contribution in [0, 0.1) is 26.2 Å². The smallest absolute Gasteiger partial charge is 0.267 e. The van der Waals surface area contributed by atoms with E-state index in [-0.39, 0.29) is 5.56 Å². The number of hydrogen-bond acceptors (Lipinski definition) is 2. The topological polar surface area (TPSA) is 45.8 Å². The van der Waals surface area contributed by atoms with Crippen molar-refractivity contribution in [2.45, 2.75) is 13.8 Å². The van der Waals surface area contributed by atoms with Crippen molar-refractivity contribution in [1.29, 1.82) is 0 Å². The highest BCUT2D eigenvalue weighted by atomic mass is 16.1. The summed E-state index contributed by atoms with van der Waals surface area (Å²) in [6.07, 6.45) is 5.14. The molecule has 3 nitrogen and oxygen atoms in total. The fourth-order valence-electron chi connectivity index (χ4n) is 0.763. The van der Waals surface area contributed by atoms with Gasteiger partial charge in [-0.1, -0.05) is 0 Å². The molecule has 0 unspecified atom stereocenters. The predicted octanol–water partition coefficient (Wildman–Crippen LogP) is 0.368. The zero-order valence-electron chi connectivity index (χ0n) is 6.43. The van der Waals surface area contributed by atoms with E-state index >= 15 is 0 Å². The van der Waals surface area contributed by atoms with Crippen LogP contribution in [0.5, 0.6) is 0 Å². The number of nitrogens with zero attached hydrogens (tertiary/aromatic N) is 1. The highest BCUT2D eigenvalue weighted by molar-refractivity contribution is 5.35. The molecule has 0 bridgehead atoms. The molecule has 0 aromatic carbocycles. The van der Waals surface area contributed by atoms with Crippen LogP contribution in [0.1, 0.15) is 16.8 Å². The van der Waals surface area contributed by atoms with E-state index in [4.69, 9.17) is 6.42 Å². The zero-order chi connectivity index (χ0) is 8.43. The third-order valence-electron chi connectivity index (χ3n) is 1.66. The second-order valence-corrected chi connectivity index (χ2v) is 2.30. The van der Waals surface area contributed by atoms with Gasteiger partial charge >= 0.3 is 0 Å². The van der Waals surface area contributed by atoms with E-state index in [1.165, 1.54) is 0 Å². The molecule has 0 radical (unpaired) electrons. The summed E-state index contributed by atoms with van der Waals surface area (Å²) in [6.45, 7) is 3.50. The van der Waals surface area contributed by atoms with Crippen molar-refractivity contribution < 1.29 is 0 Å². The van der Waals surface area contributed by atoms with Crippen LogP contribution in [-0.2, 0) is 0 Å². The normalized spacial score (nSPS) is 9.18. The van der Waals surface area contributed by atoms with Gasteiger partial charge in [0, 0.05) is 5.56 Å². The third-order valence-corrected chi connectivity index (χ3v) is 1.66. The van der Waals surface area contributed by atoms with Gasteiger partial charge in [0.25, 0.3) is 5.56 Å². The lowest BCUT2D eigenvalue weighted by atomic mass is 10.1. The standard InChI is InChI=1S/C8H8N2O/c1-4-7-5(2)6(3)8(11)10-9-7/h1H,2-3H3,(H,10,11). The van der Waals surface area contributed by atoms with E-state index in [1.54, 1.807) is 13.8 Å². The number of hydrogen-bond donors (Lipinski definition) is 1. The third kappa shape index (κ3) is 1.15. The second-order valence-electron chi connectivity index (χ2n) is 2.30. The van der Waals surface area contributed by atoms with E-state index < -0.39 is 0 Å². The number of nitrogens with one attached hydrogen (secondary N) is 1. The summed E-state index contributed by atoms with van der Waals surface area (Å²) < 4.78 is 0. The van der Waals surface area contributed by atoms with E-state index in [0.29, 0.717) is 11.3 Å². The fourth-order valence-corrected chi connectivity index (χ4v) is 0.763. The Morgan fingerprint density at radius 1 is 1.45 bits per heavy atom. The van der Waals surface area contributed by atoms with Crippen LogP contribution < -0.4 is 5.56 Å². The molecule has 1 aromatic rings. The average molecular weight is 148 g/mol. The van der Waals surface area contributed by atoms with E-state index in [0.717, 1.165) is 5.56 Å². The minimum Gasteiger partial charge on any atom is -0.268 e. The lowest BCUT2D eigenvalue weighted by molar-refractivity contribution is 0.937. The molecule has 0 saturated heterocycles. The molecule has 0 aliphatic rings. The summed E-state index contributed by atoms with van der Waals surface area (Å²) in [5.41, 5.74) is 1.73. The molecule has 0 saturated carbocycles. The first kappa shape index (κ1) is 7.55. The van der Waals surface area contributed by atoms with Crippen molar-refractivity contribution in [1.82, 2.24) is 10.2 Å². The molecule has 0 spiro atoms. The maximum absolute atomic E-state index is 10.9. The van der Waals surface area contributed by atoms with Gasteiger partial charge in [-0.25, -0.2) is 5.10 Å². The molecular formula is C8H8N2O. The number of aromatic nitrogens is 2. The van der Waals surface area contributed by atoms with E-state index in [2.05, 4.69) is 16.1 Å². The molecule has 0 atom stereocenters. The molecule has 1 rings (SSSR count). The summed E-state index contributed by atoms with van der Waals surface area (Å²) in [5, 5.41) is 6.00. The van der Waals surface area contributed by atoms with Crippen LogP contribution in [0.4, 0.5) is 0 Å². The summed E-state index contributed by atoms with van der Waals surface area (Å²) in [5.74, 6) is 2.38. The van der Waals surface area contributed by atoms with Crippen molar-refractivity contribution in [3.8, 4) is 12.3 Å². The summed E-state index contributed by atoms with van der Waals surface area (Å²) >= 11 is 0. The Morgan fingerprint density at radius 3 is 2.64 bits per heavy atom. The van der Waals surface area contributed by atoms with E-state index in [1.807, 2.05) is 0 Å². The molecule has 56 valence electrons. The second kappa shape index (κ2) is 2.59. The van der Waals surface area contributed by atoms with Crippen LogP contribution in [0.3, 0.4) is 0 Å². The van der Waals surface area contributed by atoms with Gasteiger partial charge in [-0.3, -0.25) is 4.79 Å². The van der Waals surface area contributed by atoms with E-state index in [9.17, 15) is 4.79 Å². The maximum atomic E-state index is 10.9. The van der Waals surface area contributed by atoms with Crippen molar-refractivity contribution >= 4 is 0 Å². The maximum Gasteiger partial charge on any atom is 0.267 e. The Bertz CT molecular complexity index is 371. The first-order chi connectivity index (χ1) is 5.16. The Labute approximate surface area is 64.5 Å². The van der Waals surface area contributed by atoms with Gasteiger partial charge in [-0.2, -0.15) is 5.10 Å². The van der Waals surface area contributed by atoms with Gasteiger partial charge < -0.3 is 0 Å². The Morgan fingerprint density at radius 2 is 2.09 bits per heavy atom. The lowest BCUT2D eigenvalue weighted by Gasteiger charge is -1.98. The van der Waals surface area contributed by atoms with Crippen LogP contribution in [-0.4, -0.2) is 10.2 Å². The average Bonchev–Trinajstić information content (AvgIpc) is 2.01. The Kier molecular flexibility index (Phi) is 1.77. The predicted molar refractivity (Wildman–Crippen MR) is 42.3 cm³/mol. The molecule has 1 N–H and O–H groups in total. The van der Waals surface area contributed by atoms with Crippen LogP contribution in [0.2, 0.25) is 0 Å². The zero-order valence-corrected chi connectivity index (χ0v) is 6.43. The van der Waals surface area contributed by atoms with Gasteiger partial charge in [0.05, 0.1) is 0 Å². The number of terminal acetylenes is 1. The van der Waals surface area contributed by atoms with Gasteiger partial charge in [0.1, 0.15) is 5.69 Å². The molecular weight excluding hydrogens is 140 g/mol. The first-order valence-electron chi connectivity index (χ1n) is 3.19. The van der Waals surface area contributed by atoms with Gasteiger partial charge in [-0.05, 0) is 25.3 Å². The van der Waals surface area contributed by atoms with Crippen molar-refractivity contribution in [3.63, 3.8) is 0 Å². The summed E-state index contributed by atoms with van der Waals surface area (Å²) in [7, 11) is 0. The van der Waals surface area contributed by atoms with Crippen molar-refractivity contribution in [2.75, 3.05) is 0 Å². The first-order valence-corrected chi connectivity index (χ1v) is 3.19. The fraction of sp³-hybridized carbons (Fsp3) is 0.250. The minimum atomic E-state index is -0.179. The molecule has 0 aliphatic carbocycles. The van der Waals surface area contributed by atoms with Crippen molar-refractivity contribution in [2.24, 2.45) is 0 Å². The van der Waals surface area contributed by atoms with Gasteiger partial charge in [-0.15, -0.1) is 6.42 Å². The van der Waals surface area contributed by atoms with Crippen LogP contribution in [0.25, 0.3) is 0 Å². The molecule has 11 heavy (non-hydrogen) atoms. The minimum absolute atomic E-state index is 0.179. The number of rotatable bonds is 0. The summed E-state index contributed by atoms with van der Waals surface area (Å²) in [6, 6.07) is 0. The van der Waals surface area contributed by atoms with Crippen molar-refractivity contribution in [3.05, 3.63) is 27.2 Å². The molecule has 3 heteroatoms. The Balaban J connectivity index is 3.52. The highest BCUT2D eigenvalue weighted by Gasteiger charge is 2.02. The number of aromatic amines is 1. The van der Waals surface area contributed by atoms with Crippen LogP contribution >= 0.6 is 0 Å². The number of H-pyrrole nitrogens is 1. The quantitative estimate of drug-likeness (QED) is 0.540. The van der Waals surface area contributed by atoms with Gasteiger partial charge in [0.2, 0.25) is 0 Å². The SMILES string of the molecule is C#Cc1n[nH]c(=O)c(C)c1C. The summed E-state index contributed by atoms with van der Waals surface area (Å²) in [4.78, 5) is 10.9. The largest absolute Gasteiger partial charge is 0.268 e.